The van der Waals surface area contributed by atoms with Crippen LogP contribution >= 0.6 is 15.9 Å². The molecule has 4 aromatic rings. The van der Waals surface area contributed by atoms with Gasteiger partial charge >= 0.3 is 6.03 Å². The van der Waals surface area contributed by atoms with Gasteiger partial charge in [-0.2, -0.15) is 0 Å². The Balaban J connectivity index is 1.60. The molecule has 0 aliphatic carbocycles. The average molecular weight is 469 g/mol. The van der Waals surface area contributed by atoms with Crippen molar-refractivity contribution in [3.8, 4) is 5.75 Å². The number of nitrogens with one attached hydrogen (secondary N) is 2. The molecule has 30 heavy (non-hydrogen) atoms. The van der Waals surface area contributed by atoms with Crippen LogP contribution in [-0.4, -0.2) is 22.7 Å². The summed E-state index contributed by atoms with van der Waals surface area (Å²) < 4.78 is 22.6. The molecule has 0 aliphatic rings. The van der Waals surface area contributed by atoms with Crippen LogP contribution in [0.5, 0.6) is 5.75 Å². The molecule has 2 N–H and O–H groups in total. The molecule has 0 saturated heterocycles. The minimum Gasteiger partial charge on any atom is -0.495 e. The summed E-state index contributed by atoms with van der Waals surface area (Å²) in [4.78, 5) is 16.6. The van der Waals surface area contributed by atoms with Gasteiger partial charge in [0.1, 0.15) is 11.6 Å². The van der Waals surface area contributed by atoms with Crippen LogP contribution in [0.15, 0.2) is 71.6 Å². The highest BCUT2D eigenvalue weighted by molar-refractivity contribution is 9.10. The van der Waals surface area contributed by atoms with E-state index in [2.05, 4.69) is 31.5 Å². The van der Waals surface area contributed by atoms with Gasteiger partial charge < -0.3 is 19.9 Å². The van der Waals surface area contributed by atoms with E-state index in [0.717, 1.165) is 15.6 Å². The molecule has 2 amide bonds. The number of ether oxygens (including phenoxy) is 1. The monoisotopic (exact) mass is 468 g/mol. The molecule has 0 unspecified atom stereocenters. The van der Waals surface area contributed by atoms with E-state index in [0.29, 0.717) is 23.4 Å². The van der Waals surface area contributed by atoms with Crippen molar-refractivity contribution < 1.29 is 13.9 Å². The Morgan fingerprint density at radius 2 is 1.93 bits per heavy atom. The maximum absolute atomic E-state index is 14.6. The van der Waals surface area contributed by atoms with Crippen molar-refractivity contribution in [3.05, 3.63) is 83.0 Å². The number of amides is 2. The van der Waals surface area contributed by atoms with Gasteiger partial charge in [0.15, 0.2) is 0 Å². The molecule has 0 saturated carbocycles. The number of nitrogens with zero attached hydrogens (tertiary/aromatic N) is 2. The minimum absolute atomic E-state index is 0.118. The number of methoxy groups -OCH3 is 1. The van der Waals surface area contributed by atoms with Gasteiger partial charge in [0, 0.05) is 35.0 Å². The van der Waals surface area contributed by atoms with Gasteiger partial charge in [-0.3, -0.25) is 4.98 Å². The second-order valence-corrected chi connectivity index (χ2v) is 7.49. The first-order valence-corrected chi connectivity index (χ1v) is 9.92. The van der Waals surface area contributed by atoms with Crippen LogP contribution in [0.2, 0.25) is 0 Å². The summed E-state index contributed by atoms with van der Waals surface area (Å²) in [6, 6.07) is 13.3. The van der Waals surface area contributed by atoms with Crippen LogP contribution < -0.4 is 15.4 Å². The second kappa shape index (κ2) is 8.54. The molecule has 0 spiro atoms. The summed E-state index contributed by atoms with van der Waals surface area (Å²) >= 11 is 3.36. The number of hydrogen-bond donors (Lipinski definition) is 2. The second-order valence-electron chi connectivity index (χ2n) is 6.58. The number of urea groups is 1. The van der Waals surface area contributed by atoms with E-state index in [1.807, 2.05) is 22.9 Å². The highest BCUT2D eigenvalue weighted by Gasteiger charge is 2.15. The zero-order chi connectivity index (χ0) is 21.1. The number of rotatable bonds is 5. The van der Waals surface area contributed by atoms with Gasteiger partial charge in [0.2, 0.25) is 0 Å². The van der Waals surface area contributed by atoms with E-state index in [9.17, 15) is 9.18 Å². The van der Waals surface area contributed by atoms with Gasteiger partial charge in [0.05, 0.1) is 24.0 Å². The van der Waals surface area contributed by atoms with Gasteiger partial charge in [-0.05, 0) is 54.1 Å². The lowest BCUT2D eigenvalue weighted by molar-refractivity contribution is 0.262. The largest absolute Gasteiger partial charge is 0.495 e. The summed E-state index contributed by atoms with van der Waals surface area (Å²) in [5.74, 6) is -0.0175. The number of carbonyl (C=O) groups excluding carboxylic acids is 1. The smallest absolute Gasteiger partial charge is 0.323 e. The molecular weight excluding hydrogens is 451 g/mol. The molecule has 0 radical (unpaired) electrons. The Labute approximate surface area is 180 Å². The third kappa shape index (κ3) is 4.13. The van der Waals surface area contributed by atoms with E-state index in [1.165, 1.54) is 13.2 Å². The fraction of sp³-hybridized carbons (Fsp3) is 0.0909. The molecule has 4 rings (SSSR count). The lowest BCUT2D eigenvalue weighted by Crippen LogP contribution is -2.20. The average Bonchev–Trinajstić information content (AvgIpc) is 3.14. The van der Waals surface area contributed by atoms with Crippen molar-refractivity contribution in [2.24, 2.45) is 0 Å². The number of pyridine rings is 1. The van der Waals surface area contributed by atoms with E-state index in [4.69, 9.17) is 4.74 Å². The van der Waals surface area contributed by atoms with Crippen LogP contribution in [0.3, 0.4) is 0 Å². The standard InChI is InChI=1S/C22H18BrFN4O2/c1-30-20-5-2-15(23)12-18(20)26-22(29)27-21-16-8-11-28(19(16)4-3-17(21)24)13-14-6-9-25-10-7-14/h2-12H,13H2,1H3,(H2,26,27,29). The lowest BCUT2D eigenvalue weighted by Gasteiger charge is -2.13. The SMILES string of the molecule is COc1ccc(Br)cc1NC(=O)Nc1c(F)ccc2c1ccn2Cc1ccncc1. The van der Waals surface area contributed by atoms with Crippen molar-refractivity contribution in [1.82, 2.24) is 9.55 Å². The zero-order valence-corrected chi connectivity index (χ0v) is 17.6. The Hall–Kier alpha value is -3.39. The van der Waals surface area contributed by atoms with Crippen molar-refractivity contribution in [2.75, 3.05) is 17.7 Å². The molecule has 2 aromatic carbocycles. The maximum Gasteiger partial charge on any atom is 0.323 e. The predicted octanol–water partition coefficient (Wildman–Crippen LogP) is 5.64. The van der Waals surface area contributed by atoms with Crippen LogP contribution in [0.4, 0.5) is 20.6 Å². The fourth-order valence-corrected chi connectivity index (χ4v) is 3.60. The highest BCUT2D eigenvalue weighted by atomic mass is 79.9. The van der Waals surface area contributed by atoms with Crippen molar-refractivity contribution >= 4 is 44.2 Å². The first-order valence-electron chi connectivity index (χ1n) is 9.13. The maximum atomic E-state index is 14.6. The lowest BCUT2D eigenvalue weighted by atomic mass is 10.2. The first-order chi connectivity index (χ1) is 14.5. The molecule has 2 aromatic heterocycles. The van der Waals surface area contributed by atoms with Crippen LogP contribution in [0, 0.1) is 5.82 Å². The third-order valence-electron chi connectivity index (χ3n) is 4.65. The highest BCUT2D eigenvalue weighted by Crippen LogP contribution is 2.30. The zero-order valence-electron chi connectivity index (χ0n) is 16.0. The predicted molar refractivity (Wildman–Crippen MR) is 119 cm³/mol. The van der Waals surface area contributed by atoms with Crippen molar-refractivity contribution in [1.29, 1.82) is 0 Å². The molecule has 0 fully saturated rings. The summed E-state index contributed by atoms with van der Waals surface area (Å²) in [5, 5.41) is 5.95. The Kier molecular flexibility index (Phi) is 5.67. The topological polar surface area (TPSA) is 68.2 Å². The number of benzene rings is 2. The summed E-state index contributed by atoms with van der Waals surface area (Å²) in [5.41, 5.74) is 2.46. The number of carbonyl (C=O) groups is 1. The molecule has 2 heterocycles. The van der Waals surface area contributed by atoms with Crippen LogP contribution in [0.1, 0.15) is 5.56 Å². The Morgan fingerprint density at radius 3 is 2.70 bits per heavy atom. The van der Waals surface area contributed by atoms with E-state index < -0.39 is 11.8 Å². The number of fused-ring (bicyclic) bond motifs is 1. The van der Waals surface area contributed by atoms with Gasteiger partial charge in [-0.25, -0.2) is 9.18 Å². The van der Waals surface area contributed by atoms with Gasteiger partial charge in [0.25, 0.3) is 0 Å². The van der Waals surface area contributed by atoms with E-state index >= 15 is 0 Å². The number of hydrogen-bond acceptors (Lipinski definition) is 3. The van der Waals surface area contributed by atoms with Gasteiger partial charge in [-0.1, -0.05) is 15.9 Å². The fourth-order valence-electron chi connectivity index (χ4n) is 3.24. The summed E-state index contributed by atoms with van der Waals surface area (Å²) in [6.45, 7) is 0.610. The molecule has 0 atom stereocenters. The Bertz CT molecular complexity index is 1210. The summed E-state index contributed by atoms with van der Waals surface area (Å²) in [7, 11) is 1.51. The van der Waals surface area contributed by atoms with E-state index in [-0.39, 0.29) is 5.69 Å². The molecule has 6 nitrogen and oxygen atoms in total. The number of aromatic nitrogens is 2. The molecule has 8 heteroatoms. The Morgan fingerprint density at radius 1 is 1.13 bits per heavy atom. The quantitative estimate of drug-likeness (QED) is 0.398. The minimum atomic E-state index is -0.570. The molecule has 0 aliphatic heterocycles. The van der Waals surface area contributed by atoms with Crippen LogP contribution in [0.25, 0.3) is 10.9 Å². The molecule has 152 valence electrons. The van der Waals surface area contributed by atoms with E-state index in [1.54, 1.807) is 42.7 Å². The normalized spacial score (nSPS) is 10.8. The van der Waals surface area contributed by atoms with Crippen LogP contribution in [-0.2, 0) is 6.54 Å². The number of halogens is 2. The first kappa shape index (κ1) is 19.9. The van der Waals surface area contributed by atoms with Crippen molar-refractivity contribution in [2.45, 2.75) is 6.54 Å². The van der Waals surface area contributed by atoms with Gasteiger partial charge in [-0.15, -0.1) is 0 Å². The molecular formula is C22H18BrFN4O2. The number of anilines is 2. The third-order valence-corrected chi connectivity index (χ3v) is 5.15. The molecule has 0 bridgehead atoms. The summed E-state index contributed by atoms with van der Waals surface area (Å²) in [6.07, 6.45) is 5.33. The van der Waals surface area contributed by atoms with Crippen molar-refractivity contribution in [3.63, 3.8) is 0 Å².